The minimum atomic E-state index is -6.88. The first kappa shape index (κ1) is 18.9. The van der Waals surface area contributed by atoms with Crippen LogP contribution < -0.4 is 0 Å². The Labute approximate surface area is 104 Å². The molecule has 0 N–H and O–H groups in total. The molecule has 0 aliphatic rings. The lowest BCUT2D eigenvalue weighted by Gasteiger charge is -2.34. The Hall–Kier alpha value is -0.140. The average Bonchev–Trinajstić information content (AvgIpc) is 1.92. The molecule has 0 aromatic carbocycles. The SMILES string of the molecule is FC(F)(F)SC(F)(F)C(F)(SC(F)(F)F)C(F)(F)F. The minimum absolute atomic E-state index is 2.82. The van der Waals surface area contributed by atoms with Gasteiger partial charge in [0, 0.05) is 23.5 Å². The molecule has 0 aromatic heterocycles. The van der Waals surface area contributed by atoms with Crippen molar-refractivity contribution in [2.45, 2.75) is 27.4 Å². The molecule has 0 aromatic rings. The quantitative estimate of drug-likeness (QED) is 0.631. The Bertz CT molecular complexity index is 312. The largest absolute Gasteiger partial charge is 0.447 e. The van der Waals surface area contributed by atoms with E-state index in [1.807, 2.05) is 0 Å². The highest BCUT2D eigenvalue weighted by Gasteiger charge is 2.77. The lowest BCUT2D eigenvalue weighted by molar-refractivity contribution is -0.240. The summed E-state index contributed by atoms with van der Waals surface area (Å²) in [7, 11) is 0. The molecular formula is C5F12S2. The van der Waals surface area contributed by atoms with Gasteiger partial charge in [-0.1, -0.05) is 0 Å². The molecule has 0 saturated heterocycles. The van der Waals surface area contributed by atoms with E-state index in [4.69, 9.17) is 0 Å². The lowest BCUT2D eigenvalue weighted by Crippen LogP contribution is -2.53. The van der Waals surface area contributed by atoms with E-state index >= 15 is 0 Å². The van der Waals surface area contributed by atoms with E-state index in [9.17, 15) is 52.7 Å². The van der Waals surface area contributed by atoms with Gasteiger partial charge >= 0.3 is 27.4 Å². The van der Waals surface area contributed by atoms with Gasteiger partial charge in [0.25, 0.3) is 0 Å². The summed E-state index contributed by atoms with van der Waals surface area (Å²) in [5, 5.41) is -12.9. The zero-order valence-corrected chi connectivity index (χ0v) is 9.49. The van der Waals surface area contributed by atoms with Gasteiger partial charge in [0.2, 0.25) is 0 Å². The highest BCUT2D eigenvalue weighted by Crippen LogP contribution is 2.63. The molecule has 0 aliphatic carbocycles. The topological polar surface area (TPSA) is 0 Å². The van der Waals surface area contributed by atoms with E-state index in [0.717, 1.165) is 0 Å². The fraction of sp³-hybridized carbons (Fsp3) is 1.00. The molecule has 0 radical (unpaired) electrons. The zero-order chi connectivity index (χ0) is 15.9. The number of hydrogen-bond donors (Lipinski definition) is 0. The summed E-state index contributed by atoms with van der Waals surface area (Å²) in [4.78, 5) is 0. The molecule has 1 unspecified atom stereocenters. The van der Waals surface area contributed by atoms with Crippen LogP contribution in [0.4, 0.5) is 52.7 Å². The van der Waals surface area contributed by atoms with Crippen molar-refractivity contribution in [1.29, 1.82) is 0 Å². The van der Waals surface area contributed by atoms with E-state index in [1.54, 1.807) is 0 Å². The Balaban J connectivity index is 5.61. The molecule has 0 bridgehead atoms. The maximum absolute atomic E-state index is 12.9. The minimum Gasteiger partial charge on any atom is -0.213 e. The first-order chi connectivity index (χ1) is 7.91. The van der Waals surface area contributed by atoms with Crippen LogP contribution >= 0.6 is 23.5 Å². The molecule has 116 valence electrons. The number of hydrogen-bond acceptors (Lipinski definition) is 2. The smallest absolute Gasteiger partial charge is 0.213 e. The van der Waals surface area contributed by atoms with Gasteiger partial charge < -0.3 is 0 Å². The summed E-state index contributed by atoms with van der Waals surface area (Å²) in [6, 6.07) is 0. The van der Waals surface area contributed by atoms with Gasteiger partial charge in [-0.05, 0) is 0 Å². The molecule has 0 saturated carbocycles. The average molecular weight is 352 g/mol. The van der Waals surface area contributed by atoms with Crippen LogP contribution in [0.1, 0.15) is 0 Å². The molecule has 0 amide bonds. The van der Waals surface area contributed by atoms with E-state index in [1.165, 1.54) is 0 Å². The Morgan fingerprint density at radius 3 is 1.00 bits per heavy atom. The van der Waals surface area contributed by atoms with Crippen molar-refractivity contribution in [3.8, 4) is 0 Å². The summed E-state index contributed by atoms with van der Waals surface area (Å²) in [6.07, 6.45) is -6.88. The first-order valence-electron chi connectivity index (χ1n) is 3.58. The van der Waals surface area contributed by atoms with E-state index < -0.39 is 51.0 Å². The molecule has 0 nitrogen and oxygen atoms in total. The Morgan fingerprint density at radius 2 is 0.789 bits per heavy atom. The molecule has 0 aliphatic heterocycles. The van der Waals surface area contributed by atoms with Crippen LogP contribution in [0.2, 0.25) is 0 Å². The van der Waals surface area contributed by atoms with Gasteiger partial charge in [-0.25, -0.2) is 4.39 Å². The normalized spacial score (nSPS) is 18.3. The van der Waals surface area contributed by atoms with Crippen LogP contribution in [0.3, 0.4) is 0 Å². The third kappa shape index (κ3) is 5.04. The van der Waals surface area contributed by atoms with Gasteiger partial charge in [0.15, 0.2) is 0 Å². The van der Waals surface area contributed by atoms with Crippen LogP contribution in [-0.2, 0) is 0 Å². The van der Waals surface area contributed by atoms with E-state index in [-0.39, 0.29) is 0 Å². The molecule has 14 heteroatoms. The maximum Gasteiger partial charge on any atom is 0.447 e. The predicted octanol–water partition coefficient (Wildman–Crippen LogP) is 5.31. The van der Waals surface area contributed by atoms with Gasteiger partial charge in [0.1, 0.15) is 0 Å². The number of alkyl halides is 12. The molecule has 0 fully saturated rings. The second-order valence-electron chi connectivity index (χ2n) is 2.71. The van der Waals surface area contributed by atoms with Crippen molar-refractivity contribution in [2.24, 2.45) is 0 Å². The highest BCUT2D eigenvalue weighted by atomic mass is 32.2. The van der Waals surface area contributed by atoms with Gasteiger partial charge in [-0.2, -0.15) is 48.3 Å². The van der Waals surface area contributed by atoms with Crippen molar-refractivity contribution >= 4 is 23.5 Å². The van der Waals surface area contributed by atoms with Crippen LogP contribution in [-0.4, -0.2) is 27.4 Å². The fourth-order valence-corrected chi connectivity index (χ4v) is 1.99. The fourth-order valence-electron chi connectivity index (χ4n) is 0.653. The van der Waals surface area contributed by atoms with E-state index in [0.29, 0.717) is 0 Å². The third-order valence-corrected chi connectivity index (χ3v) is 3.14. The second kappa shape index (κ2) is 5.00. The molecule has 0 heterocycles. The van der Waals surface area contributed by atoms with Crippen LogP contribution in [0, 0.1) is 0 Å². The standard InChI is InChI=1S/C5F12S2/c6-1(2(7,8)9,18-4(12,13)14)3(10,11)19-5(15,16)17. The number of thioether (sulfide) groups is 2. The second-order valence-corrected chi connectivity index (χ2v) is 5.11. The zero-order valence-electron chi connectivity index (χ0n) is 7.85. The maximum atomic E-state index is 12.9. The Morgan fingerprint density at radius 1 is 0.474 bits per heavy atom. The highest BCUT2D eigenvalue weighted by molar-refractivity contribution is 8.05. The van der Waals surface area contributed by atoms with Crippen LogP contribution in [0.5, 0.6) is 0 Å². The molecule has 19 heavy (non-hydrogen) atoms. The van der Waals surface area contributed by atoms with E-state index in [2.05, 4.69) is 0 Å². The van der Waals surface area contributed by atoms with Crippen LogP contribution in [0.15, 0.2) is 0 Å². The molecule has 0 spiro atoms. The lowest BCUT2D eigenvalue weighted by atomic mass is 10.4. The van der Waals surface area contributed by atoms with Gasteiger partial charge in [-0.3, -0.25) is 0 Å². The third-order valence-electron chi connectivity index (χ3n) is 1.24. The molecule has 0 rings (SSSR count). The predicted molar refractivity (Wildman–Crippen MR) is 42.1 cm³/mol. The number of halogens is 12. The number of rotatable bonds is 3. The van der Waals surface area contributed by atoms with Crippen molar-refractivity contribution < 1.29 is 52.7 Å². The molecule has 1 atom stereocenters. The van der Waals surface area contributed by atoms with Crippen LogP contribution in [0.25, 0.3) is 0 Å². The van der Waals surface area contributed by atoms with Crippen molar-refractivity contribution in [3.63, 3.8) is 0 Å². The summed E-state index contributed by atoms with van der Waals surface area (Å²) in [6.45, 7) is 0. The summed E-state index contributed by atoms with van der Waals surface area (Å²) < 4.78 is 144. The van der Waals surface area contributed by atoms with Crippen molar-refractivity contribution in [3.05, 3.63) is 0 Å². The van der Waals surface area contributed by atoms with Crippen molar-refractivity contribution in [2.75, 3.05) is 0 Å². The molecular weight excluding hydrogens is 352 g/mol. The summed E-state index contributed by atoms with van der Waals surface area (Å²) in [5.74, 6) is 0. The Kier molecular flexibility index (Phi) is 4.96. The van der Waals surface area contributed by atoms with Gasteiger partial charge in [0.05, 0.1) is 0 Å². The summed E-state index contributed by atoms with van der Waals surface area (Å²) >= 11 is -5.72. The monoisotopic (exact) mass is 352 g/mol. The van der Waals surface area contributed by atoms with Crippen molar-refractivity contribution in [1.82, 2.24) is 0 Å². The summed E-state index contributed by atoms with van der Waals surface area (Å²) in [5.41, 5.74) is -12.2. The van der Waals surface area contributed by atoms with Gasteiger partial charge in [-0.15, -0.1) is 0 Å². The first-order valence-corrected chi connectivity index (χ1v) is 5.22.